The van der Waals surface area contributed by atoms with Crippen LogP contribution in [0.4, 0.5) is 0 Å². The molecule has 33 heavy (non-hydrogen) atoms. The average molecular weight is 444 g/mol. The molecule has 0 aromatic heterocycles. The molecule has 1 aliphatic carbocycles. The Morgan fingerprint density at radius 1 is 0.939 bits per heavy atom. The fourth-order valence-electron chi connectivity index (χ4n) is 4.51. The smallest absolute Gasteiger partial charge is 0.165 e. The van der Waals surface area contributed by atoms with Gasteiger partial charge in [-0.25, -0.2) is 0 Å². The van der Waals surface area contributed by atoms with Gasteiger partial charge in [-0.15, -0.1) is 0 Å². The van der Waals surface area contributed by atoms with Gasteiger partial charge in [0, 0.05) is 17.4 Å². The molecule has 0 spiro atoms. The number of Topliss-reactive ketones (excluding diaryl/α,β-unsaturated/α-hetero) is 1. The number of allylic oxidation sites excluding steroid dienone is 3. The van der Waals surface area contributed by atoms with E-state index in [2.05, 4.69) is 38.6 Å². The van der Waals surface area contributed by atoms with Gasteiger partial charge in [0.25, 0.3) is 0 Å². The van der Waals surface area contributed by atoms with Crippen molar-refractivity contribution in [3.8, 4) is 6.07 Å². The molecule has 0 heterocycles. The van der Waals surface area contributed by atoms with Gasteiger partial charge in [-0.3, -0.25) is 4.79 Å². The van der Waals surface area contributed by atoms with Gasteiger partial charge in [-0.05, 0) is 42.4 Å². The Kier molecular flexibility index (Phi) is 12.2. The van der Waals surface area contributed by atoms with Gasteiger partial charge in [-0.1, -0.05) is 114 Å². The minimum absolute atomic E-state index is 0.0245. The second-order valence-corrected chi connectivity index (χ2v) is 8.30. The molecule has 0 saturated carbocycles. The quantitative estimate of drug-likeness (QED) is 0.448. The molecule has 4 unspecified atom stereocenters. The summed E-state index contributed by atoms with van der Waals surface area (Å²) in [5.41, 5.74) is 4.90. The van der Waals surface area contributed by atoms with Crippen LogP contribution in [0.15, 0.2) is 84.0 Å². The van der Waals surface area contributed by atoms with Crippen LogP contribution in [0.5, 0.6) is 0 Å². The van der Waals surface area contributed by atoms with Gasteiger partial charge in [0.2, 0.25) is 0 Å². The van der Waals surface area contributed by atoms with E-state index < -0.39 is 0 Å². The van der Waals surface area contributed by atoms with E-state index in [1.807, 2.05) is 83.1 Å². The Hall–Kier alpha value is -2.92. The van der Waals surface area contributed by atoms with E-state index in [0.29, 0.717) is 12.3 Å². The summed E-state index contributed by atoms with van der Waals surface area (Å²) in [5, 5.41) is 10.1. The second-order valence-electron chi connectivity index (χ2n) is 8.30. The summed E-state index contributed by atoms with van der Waals surface area (Å²) in [5.74, 6) is 0.245. The topological polar surface area (TPSA) is 40.9 Å². The number of carbonyl (C=O) groups is 1. The third-order valence-corrected chi connectivity index (χ3v) is 6.28. The fraction of sp³-hybridized carbons (Fsp3) is 0.419. The lowest BCUT2D eigenvalue weighted by Gasteiger charge is -2.30. The fourth-order valence-corrected chi connectivity index (χ4v) is 4.51. The lowest BCUT2D eigenvalue weighted by Crippen LogP contribution is -2.26. The zero-order valence-corrected chi connectivity index (χ0v) is 21.6. The molecule has 1 aliphatic rings. The van der Waals surface area contributed by atoms with Crippen LogP contribution in [0.2, 0.25) is 0 Å². The zero-order valence-electron chi connectivity index (χ0n) is 21.6. The molecule has 0 saturated heterocycles. The number of rotatable bonds is 6. The van der Waals surface area contributed by atoms with E-state index in [1.54, 1.807) is 0 Å². The molecule has 2 aromatic carbocycles. The maximum atomic E-state index is 13.0. The van der Waals surface area contributed by atoms with Gasteiger partial charge < -0.3 is 0 Å². The Morgan fingerprint density at radius 3 is 1.91 bits per heavy atom. The second kappa shape index (κ2) is 14.3. The number of hydrogen-bond acceptors (Lipinski definition) is 2. The van der Waals surface area contributed by atoms with Crippen LogP contribution >= 0.6 is 0 Å². The standard InChI is InChI=1S/C27H29NO.2C2H6/c1-18-15-20(3)27(29)26(21(18)4)19(2)16-24(22-11-7-5-8-12-22)25(17-28)23-13-9-6-10-14-23;2*1-2/h5-14,18,20,24-25H,2,15-16H2,1,3-4H3;2*1-2H3. The summed E-state index contributed by atoms with van der Waals surface area (Å²) in [6, 6.07) is 22.6. The molecular weight excluding hydrogens is 402 g/mol. The lowest BCUT2D eigenvalue weighted by molar-refractivity contribution is -0.119. The maximum Gasteiger partial charge on any atom is 0.165 e. The van der Waals surface area contributed by atoms with Crippen LogP contribution in [0, 0.1) is 23.2 Å². The van der Waals surface area contributed by atoms with E-state index >= 15 is 0 Å². The molecular formula is C31H41NO. The first-order chi connectivity index (χ1) is 15.9. The molecule has 0 fully saturated rings. The molecule has 0 aliphatic heterocycles. The number of ketones is 1. The van der Waals surface area contributed by atoms with Crippen molar-refractivity contribution in [2.24, 2.45) is 11.8 Å². The zero-order chi connectivity index (χ0) is 25.0. The third kappa shape index (κ3) is 7.03. The molecule has 0 radical (unpaired) electrons. The van der Waals surface area contributed by atoms with E-state index in [0.717, 1.165) is 34.3 Å². The number of hydrogen-bond donors (Lipinski definition) is 0. The van der Waals surface area contributed by atoms with E-state index in [4.69, 9.17) is 0 Å². The minimum atomic E-state index is -0.301. The van der Waals surface area contributed by atoms with Crippen molar-refractivity contribution >= 4 is 5.78 Å². The van der Waals surface area contributed by atoms with Crippen molar-refractivity contribution in [1.82, 2.24) is 0 Å². The number of carbonyl (C=O) groups excluding carboxylic acids is 1. The van der Waals surface area contributed by atoms with Gasteiger partial charge in [-0.2, -0.15) is 5.26 Å². The van der Waals surface area contributed by atoms with Crippen molar-refractivity contribution < 1.29 is 4.79 Å². The van der Waals surface area contributed by atoms with E-state index in [1.165, 1.54) is 0 Å². The van der Waals surface area contributed by atoms with Gasteiger partial charge in [0.15, 0.2) is 5.78 Å². The van der Waals surface area contributed by atoms with Crippen LogP contribution < -0.4 is 0 Å². The highest BCUT2D eigenvalue weighted by atomic mass is 16.1. The lowest BCUT2D eigenvalue weighted by atomic mass is 9.72. The van der Waals surface area contributed by atoms with Gasteiger partial charge in [0.1, 0.15) is 0 Å². The predicted molar refractivity (Wildman–Crippen MR) is 141 cm³/mol. The van der Waals surface area contributed by atoms with Gasteiger partial charge in [0.05, 0.1) is 12.0 Å². The monoisotopic (exact) mass is 443 g/mol. The summed E-state index contributed by atoms with van der Waals surface area (Å²) in [7, 11) is 0. The van der Waals surface area contributed by atoms with Crippen LogP contribution in [-0.4, -0.2) is 5.78 Å². The Labute approximate surface area is 202 Å². The molecule has 0 bridgehead atoms. The molecule has 176 valence electrons. The Bertz CT molecular complexity index is 949. The van der Waals surface area contributed by atoms with Crippen LogP contribution in [-0.2, 0) is 4.79 Å². The molecule has 2 aromatic rings. The largest absolute Gasteiger partial charge is 0.294 e. The SMILES string of the molecule is C=C(CC(c1ccccc1)C(C#N)c1ccccc1)C1=C(C)C(C)CC(C)C1=O.CC.CC. The summed E-state index contributed by atoms with van der Waals surface area (Å²) < 4.78 is 0. The number of nitriles is 1. The summed E-state index contributed by atoms with van der Waals surface area (Å²) in [6.07, 6.45) is 1.49. The molecule has 2 nitrogen and oxygen atoms in total. The number of benzene rings is 2. The first kappa shape index (κ1) is 28.1. The van der Waals surface area contributed by atoms with Crippen molar-refractivity contribution in [3.63, 3.8) is 0 Å². The average Bonchev–Trinajstić information content (AvgIpc) is 2.86. The van der Waals surface area contributed by atoms with E-state index in [9.17, 15) is 10.1 Å². The normalized spacial score (nSPS) is 19.2. The minimum Gasteiger partial charge on any atom is -0.294 e. The summed E-state index contributed by atoms with van der Waals surface area (Å²) >= 11 is 0. The summed E-state index contributed by atoms with van der Waals surface area (Å²) in [6.45, 7) is 18.6. The van der Waals surface area contributed by atoms with Gasteiger partial charge >= 0.3 is 0 Å². The first-order valence-corrected chi connectivity index (χ1v) is 12.4. The van der Waals surface area contributed by atoms with Crippen molar-refractivity contribution in [2.45, 2.75) is 73.1 Å². The third-order valence-electron chi connectivity index (χ3n) is 6.28. The summed E-state index contributed by atoms with van der Waals surface area (Å²) in [4.78, 5) is 13.0. The Balaban J connectivity index is 0.00000129. The highest BCUT2D eigenvalue weighted by molar-refractivity contribution is 6.02. The Morgan fingerprint density at radius 2 is 1.42 bits per heavy atom. The van der Waals surface area contributed by atoms with Crippen LogP contribution in [0.25, 0.3) is 0 Å². The molecule has 0 amide bonds. The van der Waals surface area contributed by atoms with E-state index in [-0.39, 0.29) is 23.5 Å². The molecule has 4 atom stereocenters. The van der Waals surface area contributed by atoms with Crippen LogP contribution in [0.3, 0.4) is 0 Å². The van der Waals surface area contributed by atoms with Crippen molar-refractivity contribution in [2.75, 3.05) is 0 Å². The number of nitrogens with zero attached hydrogens (tertiary/aromatic N) is 1. The molecule has 0 N–H and O–H groups in total. The highest BCUT2D eigenvalue weighted by Crippen LogP contribution is 2.41. The van der Waals surface area contributed by atoms with Crippen molar-refractivity contribution in [3.05, 3.63) is 95.1 Å². The first-order valence-electron chi connectivity index (χ1n) is 12.4. The van der Waals surface area contributed by atoms with Crippen molar-refractivity contribution in [1.29, 1.82) is 5.26 Å². The highest BCUT2D eigenvalue weighted by Gasteiger charge is 2.33. The van der Waals surface area contributed by atoms with Crippen LogP contribution in [0.1, 0.15) is 84.3 Å². The predicted octanol–water partition coefficient (Wildman–Crippen LogP) is 8.64. The molecule has 3 rings (SSSR count). The molecule has 2 heteroatoms. The maximum absolute atomic E-state index is 13.0.